The van der Waals surface area contributed by atoms with Gasteiger partial charge in [0.1, 0.15) is 17.3 Å². The summed E-state index contributed by atoms with van der Waals surface area (Å²) in [6.45, 7) is 5.85. The maximum Gasteiger partial charge on any atom is 0.238 e. The van der Waals surface area contributed by atoms with Gasteiger partial charge in [0.15, 0.2) is 9.84 Å². The first-order valence-corrected chi connectivity index (χ1v) is 10.2. The fourth-order valence-electron chi connectivity index (χ4n) is 2.89. The van der Waals surface area contributed by atoms with Crippen molar-refractivity contribution < 1.29 is 17.6 Å². The quantitative estimate of drug-likeness (QED) is 0.825. The minimum absolute atomic E-state index is 0.146. The third-order valence-electron chi connectivity index (χ3n) is 4.48. The molecule has 1 saturated heterocycles. The summed E-state index contributed by atoms with van der Waals surface area (Å²) in [7, 11) is -3.39. The Balaban J connectivity index is 2.22. The predicted molar refractivity (Wildman–Crippen MR) is 89.9 cm³/mol. The van der Waals surface area contributed by atoms with Crippen LogP contribution in [0, 0.1) is 0 Å². The van der Waals surface area contributed by atoms with Crippen LogP contribution in [0.3, 0.4) is 0 Å². The number of sulfone groups is 1. The van der Waals surface area contributed by atoms with Gasteiger partial charge in [-0.05, 0) is 38.8 Å². The van der Waals surface area contributed by atoms with E-state index in [1.165, 1.54) is 0 Å². The molecule has 1 aromatic heterocycles. The molecule has 1 atom stereocenters. The normalized spacial score (nSPS) is 19.8. The van der Waals surface area contributed by atoms with Gasteiger partial charge in [0, 0.05) is 13.0 Å². The van der Waals surface area contributed by atoms with Gasteiger partial charge >= 0.3 is 0 Å². The molecule has 2 heterocycles. The fourth-order valence-corrected chi connectivity index (χ4v) is 3.73. The van der Waals surface area contributed by atoms with E-state index in [1.807, 2.05) is 19.1 Å². The number of likely N-dealkylation sites (tertiary alicyclic amines) is 1. The molecule has 1 aromatic rings. The second-order valence-corrected chi connectivity index (χ2v) is 9.02. The lowest BCUT2D eigenvalue weighted by atomic mass is 10.1. The molecule has 1 aliphatic rings. The molecule has 0 aromatic carbocycles. The van der Waals surface area contributed by atoms with E-state index in [2.05, 4.69) is 0 Å². The topological polar surface area (TPSA) is 67.6 Å². The van der Waals surface area contributed by atoms with Gasteiger partial charge < -0.3 is 9.32 Å². The number of carbonyl (C=O) groups is 1. The Bertz CT molecular complexity index is 633. The highest BCUT2D eigenvalue weighted by Gasteiger charge is 2.32. The van der Waals surface area contributed by atoms with Crippen LogP contribution in [-0.2, 0) is 21.1 Å². The van der Waals surface area contributed by atoms with Crippen molar-refractivity contribution in [2.75, 3.05) is 12.3 Å². The third-order valence-corrected chi connectivity index (χ3v) is 6.56. The molecule has 1 amide bonds. The Kier molecular flexibility index (Phi) is 5.89. The van der Waals surface area contributed by atoms with Crippen molar-refractivity contribution in [2.24, 2.45) is 0 Å². The Morgan fingerprint density at radius 2 is 2.04 bits per heavy atom. The average molecular weight is 341 g/mol. The minimum atomic E-state index is -3.39. The van der Waals surface area contributed by atoms with E-state index in [-0.39, 0.29) is 11.9 Å². The van der Waals surface area contributed by atoms with E-state index >= 15 is 0 Å². The van der Waals surface area contributed by atoms with E-state index < -0.39 is 20.8 Å². The summed E-state index contributed by atoms with van der Waals surface area (Å²) in [5.41, 5.74) is 0. The van der Waals surface area contributed by atoms with Crippen LogP contribution in [0.5, 0.6) is 0 Å². The summed E-state index contributed by atoms with van der Waals surface area (Å²) < 4.78 is 30.0. The van der Waals surface area contributed by atoms with Gasteiger partial charge in [-0.25, -0.2) is 8.42 Å². The van der Waals surface area contributed by atoms with Gasteiger partial charge in [-0.1, -0.05) is 19.8 Å². The molecule has 0 spiro atoms. The number of hydrogen-bond acceptors (Lipinski definition) is 4. The average Bonchev–Trinajstić information content (AvgIpc) is 2.83. The number of aryl methyl sites for hydroxylation is 1. The lowest BCUT2D eigenvalue weighted by Crippen LogP contribution is -2.39. The molecule has 0 saturated carbocycles. The van der Waals surface area contributed by atoms with Crippen LogP contribution in [0.1, 0.15) is 64.0 Å². The molecule has 0 aliphatic carbocycles. The highest BCUT2D eigenvalue weighted by Crippen LogP contribution is 2.31. The second-order valence-electron chi connectivity index (χ2n) is 6.47. The lowest BCUT2D eigenvalue weighted by molar-refractivity contribution is -0.131. The molecule has 5 nitrogen and oxygen atoms in total. The summed E-state index contributed by atoms with van der Waals surface area (Å²) in [5.74, 6) is 0.952. The summed E-state index contributed by atoms with van der Waals surface area (Å²) in [6.07, 6.45) is 4.62. The van der Waals surface area contributed by atoms with Crippen molar-refractivity contribution in [1.29, 1.82) is 0 Å². The minimum Gasteiger partial charge on any atom is -0.464 e. The maximum absolute atomic E-state index is 12.6. The lowest BCUT2D eigenvalue weighted by Gasteiger charge is -2.29. The summed E-state index contributed by atoms with van der Waals surface area (Å²) in [5, 5.41) is -0.535. The molecule has 23 heavy (non-hydrogen) atoms. The second kappa shape index (κ2) is 7.51. The monoisotopic (exact) mass is 341 g/mol. The van der Waals surface area contributed by atoms with Crippen molar-refractivity contribution in [3.8, 4) is 0 Å². The van der Waals surface area contributed by atoms with Crippen LogP contribution in [0.4, 0.5) is 0 Å². The summed E-state index contributed by atoms with van der Waals surface area (Å²) >= 11 is 0. The smallest absolute Gasteiger partial charge is 0.238 e. The van der Waals surface area contributed by atoms with Gasteiger partial charge in [0.2, 0.25) is 5.91 Å². The Morgan fingerprint density at radius 1 is 1.30 bits per heavy atom. The van der Waals surface area contributed by atoms with Gasteiger partial charge in [0.25, 0.3) is 0 Å². The number of rotatable bonds is 5. The van der Waals surface area contributed by atoms with Crippen LogP contribution in [-0.4, -0.2) is 36.8 Å². The summed E-state index contributed by atoms with van der Waals surface area (Å²) in [4.78, 5) is 14.3. The predicted octanol–water partition coefficient (Wildman–Crippen LogP) is 3.11. The molecule has 0 unspecified atom stereocenters. The number of nitrogens with zero attached hydrogens (tertiary/aromatic N) is 1. The Hall–Kier alpha value is -1.30. The largest absolute Gasteiger partial charge is 0.464 e. The van der Waals surface area contributed by atoms with Crippen molar-refractivity contribution in [3.05, 3.63) is 23.7 Å². The zero-order chi connectivity index (χ0) is 17.0. The van der Waals surface area contributed by atoms with Crippen molar-refractivity contribution in [3.63, 3.8) is 0 Å². The SMILES string of the molecule is CCc1ccc([C@@H]2CCCCCN2C(=O)CS(=O)(=O)C(C)C)o1. The molecular weight excluding hydrogens is 314 g/mol. The fraction of sp³-hybridized carbons (Fsp3) is 0.706. The van der Waals surface area contributed by atoms with Crippen LogP contribution < -0.4 is 0 Å². The standard InChI is InChI=1S/C17H27NO4S/c1-4-14-9-10-16(22-14)15-8-6-5-7-11-18(15)17(19)12-23(20,21)13(2)3/h9-10,13,15H,4-8,11-12H2,1-3H3/t15-/m0/s1. The van der Waals surface area contributed by atoms with Gasteiger partial charge in [-0.15, -0.1) is 0 Å². The highest BCUT2D eigenvalue weighted by molar-refractivity contribution is 7.92. The van der Waals surface area contributed by atoms with Crippen molar-refractivity contribution in [1.82, 2.24) is 4.90 Å². The van der Waals surface area contributed by atoms with E-state index in [1.54, 1.807) is 18.7 Å². The Morgan fingerprint density at radius 3 is 2.65 bits per heavy atom. The molecular formula is C17H27NO4S. The number of carbonyl (C=O) groups excluding carboxylic acids is 1. The molecule has 6 heteroatoms. The van der Waals surface area contributed by atoms with Crippen LogP contribution >= 0.6 is 0 Å². The van der Waals surface area contributed by atoms with Crippen molar-refractivity contribution in [2.45, 2.75) is 64.2 Å². The molecule has 0 N–H and O–H groups in total. The van der Waals surface area contributed by atoms with E-state index in [0.29, 0.717) is 6.54 Å². The number of amides is 1. The first-order chi connectivity index (χ1) is 10.8. The molecule has 2 rings (SSSR count). The van der Waals surface area contributed by atoms with E-state index in [4.69, 9.17) is 4.42 Å². The van der Waals surface area contributed by atoms with Gasteiger partial charge in [-0.2, -0.15) is 0 Å². The third kappa shape index (κ3) is 4.37. The summed E-state index contributed by atoms with van der Waals surface area (Å²) in [6, 6.07) is 3.72. The van der Waals surface area contributed by atoms with Crippen molar-refractivity contribution >= 4 is 15.7 Å². The van der Waals surface area contributed by atoms with Crippen LogP contribution in [0.25, 0.3) is 0 Å². The first kappa shape index (κ1) is 18.0. The zero-order valence-corrected chi connectivity index (χ0v) is 15.1. The number of furan rings is 1. The maximum atomic E-state index is 12.6. The van der Waals surface area contributed by atoms with Crippen LogP contribution in [0.15, 0.2) is 16.5 Å². The molecule has 130 valence electrons. The Labute approximate surface area is 139 Å². The van der Waals surface area contributed by atoms with Gasteiger partial charge in [-0.3, -0.25) is 4.79 Å². The van der Waals surface area contributed by atoms with Gasteiger partial charge in [0.05, 0.1) is 11.3 Å². The first-order valence-electron chi connectivity index (χ1n) is 8.44. The van der Waals surface area contributed by atoms with E-state index in [0.717, 1.165) is 43.6 Å². The highest BCUT2D eigenvalue weighted by atomic mass is 32.2. The zero-order valence-electron chi connectivity index (χ0n) is 14.2. The molecule has 1 aliphatic heterocycles. The molecule has 1 fully saturated rings. The molecule has 0 radical (unpaired) electrons. The van der Waals surface area contributed by atoms with Crippen LogP contribution in [0.2, 0.25) is 0 Å². The molecule has 0 bridgehead atoms. The van der Waals surface area contributed by atoms with E-state index in [9.17, 15) is 13.2 Å². The number of hydrogen-bond donors (Lipinski definition) is 0.